The quantitative estimate of drug-likeness (QED) is 0.764. The van der Waals surface area contributed by atoms with E-state index in [-0.39, 0.29) is 0 Å². The smallest absolute Gasteiger partial charge is 0.0628 e. The molecule has 0 aromatic heterocycles. The van der Waals surface area contributed by atoms with E-state index in [1.54, 1.807) is 0 Å². The van der Waals surface area contributed by atoms with Crippen LogP contribution < -0.4 is 11.1 Å². The first-order valence-corrected chi connectivity index (χ1v) is 5.46. The summed E-state index contributed by atoms with van der Waals surface area (Å²) in [5.74, 6) is 0. The maximum Gasteiger partial charge on any atom is 0.0628 e. The third-order valence-electron chi connectivity index (χ3n) is 2.55. The van der Waals surface area contributed by atoms with Gasteiger partial charge in [-0.15, -0.1) is 0 Å². The lowest BCUT2D eigenvalue weighted by molar-refractivity contribution is 1.11. The molecule has 0 unspecified atom stereocenters. The number of hydrogen-bond acceptors (Lipinski definition) is 2. The van der Waals surface area contributed by atoms with E-state index in [4.69, 9.17) is 5.73 Å². The minimum absolute atomic E-state index is 0.464. The third-order valence-corrected chi connectivity index (χ3v) is 2.55. The molecule has 0 amide bonds. The minimum Gasteiger partial charge on any atom is -0.372 e. The maximum absolute atomic E-state index is 5.51. The van der Waals surface area contributed by atoms with Gasteiger partial charge in [-0.1, -0.05) is 48.5 Å². The fourth-order valence-electron chi connectivity index (χ4n) is 1.77. The van der Waals surface area contributed by atoms with Gasteiger partial charge in [0.05, 0.1) is 6.67 Å². The summed E-state index contributed by atoms with van der Waals surface area (Å²) in [7, 11) is 0. The molecule has 0 spiro atoms. The number of para-hydroxylation sites is 1. The second-order valence-electron chi connectivity index (χ2n) is 3.70. The van der Waals surface area contributed by atoms with Gasteiger partial charge in [0, 0.05) is 5.69 Å². The Morgan fingerprint density at radius 3 is 2.31 bits per heavy atom. The fourth-order valence-corrected chi connectivity index (χ4v) is 1.77. The number of hydrogen-bond donors (Lipinski definition) is 2. The first-order valence-electron chi connectivity index (χ1n) is 5.46. The molecule has 0 fully saturated rings. The molecule has 0 aliphatic rings. The molecule has 2 nitrogen and oxygen atoms in total. The lowest BCUT2D eigenvalue weighted by atomic mass is 10.0. The van der Waals surface area contributed by atoms with Gasteiger partial charge in [0.25, 0.3) is 0 Å². The molecule has 0 aliphatic carbocycles. The second-order valence-corrected chi connectivity index (χ2v) is 3.70. The van der Waals surface area contributed by atoms with Gasteiger partial charge < -0.3 is 11.1 Å². The lowest BCUT2D eigenvalue weighted by Crippen LogP contribution is -2.12. The van der Waals surface area contributed by atoms with Crippen LogP contribution in [0.2, 0.25) is 0 Å². The highest BCUT2D eigenvalue weighted by atomic mass is 15.0. The van der Waals surface area contributed by atoms with E-state index in [1.165, 1.54) is 11.1 Å². The Balaban J connectivity index is 2.21. The molecule has 0 saturated heterocycles. The number of nitrogens with one attached hydrogen (secondary N) is 1. The van der Waals surface area contributed by atoms with Crippen LogP contribution in [-0.2, 0) is 6.42 Å². The highest BCUT2D eigenvalue weighted by molar-refractivity contribution is 5.52. The number of nitrogens with two attached hydrogens (primary N) is 1. The van der Waals surface area contributed by atoms with Gasteiger partial charge in [-0.2, -0.15) is 0 Å². The van der Waals surface area contributed by atoms with Crippen LogP contribution in [0.3, 0.4) is 0 Å². The van der Waals surface area contributed by atoms with Crippen LogP contribution in [0, 0.1) is 0 Å². The fraction of sp³-hybridized carbons (Fsp3) is 0.143. The van der Waals surface area contributed by atoms with Crippen LogP contribution in [0.25, 0.3) is 0 Å². The molecule has 0 radical (unpaired) electrons. The molecule has 16 heavy (non-hydrogen) atoms. The average molecular weight is 212 g/mol. The van der Waals surface area contributed by atoms with Gasteiger partial charge in [0.15, 0.2) is 0 Å². The van der Waals surface area contributed by atoms with Crippen LogP contribution in [-0.4, -0.2) is 6.67 Å². The summed E-state index contributed by atoms with van der Waals surface area (Å²) in [6, 6.07) is 18.7. The van der Waals surface area contributed by atoms with Crippen molar-refractivity contribution in [2.75, 3.05) is 12.0 Å². The number of benzene rings is 2. The summed E-state index contributed by atoms with van der Waals surface area (Å²) in [4.78, 5) is 0. The summed E-state index contributed by atoms with van der Waals surface area (Å²) >= 11 is 0. The molecule has 0 bridgehead atoms. The van der Waals surface area contributed by atoms with Crippen molar-refractivity contribution in [3.8, 4) is 0 Å². The average Bonchev–Trinajstić information content (AvgIpc) is 2.33. The SMILES string of the molecule is NCNc1ccccc1Cc1ccccc1. The van der Waals surface area contributed by atoms with Gasteiger partial charge in [-0.25, -0.2) is 0 Å². The molecule has 0 atom stereocenters. The maximum atomic E-state index is 5.51. The van der Waals surface area contributed by atoms with E-state index in [1.807, 2.05) is 12.1 Å². The van der Waals surface area contributed by atoms with Crippen molar-refractivity contribution in [3.63, 3.8) is 0 Å². The van der Waals surface area contributed by atoms with E-state index in [0.29, 0.717) is 6.67 Å². The van der Waals surface area contributed by atoms with Gasteiger partial charge >= 0.3 is 0 Å². The third kappa shape index (κ3) is 2.61. The van der Waals surface area contributed by atoms with Crippen molar-refractivity contribution in [1.82, 2.24) is 0 Å². The van der Waals surface area contributed by atoms with Crippen molar-refractivity contribution in [3.05, 3.63) is 65.7 Å². The molecular weight excluding hydrogens is 196 g/mol. The van der Waals surface area contributed by atoms with Crippen molar-refractivity contribution in [1.29, 1.82) is 0 Å². The monoisotopic (exact) mass is 212 g/mol. The van der Waals surface area contributed by atoms with E-state index >= 15 is 0 Å². The van der Waals surface area contributed by atoms with Crippen molar-refractivity contribution >= 4 is 5.69 Å². The highest BCUT2D eigenvalue weighted by Crippen LogP contribution is 2.18. The van der Waals surface area contributed by atoms with Gasteiger partial charge in [0.2, 0.25) is 0 Å². The zero-order valence-corrected chi connectivity index (χ0v) is 9.19. The van der Waals surface area contributed by atoms with E-state index < -0.39 is 0 Å². The Hall–Kier alpha value is -1.80. The summed E-state index contributed by atoms with van der Waals surface area (Å²) in [6.45, 7) is 0.464. The predicted octanol–water partition coefficient (Wildman–Crippen LogP) is 2.61. The van der Waals surface area contributed by atoms with E-state index in [2.05, 4.69) is 47.8 Å². The largest absolute Gasteiger partial charge is 0.372 e. The molecular formula is C14H16N2. The highest BCUT2D eigenvalue weighted by Gasteiger charge is 2.01. The Morgan fingerprint density at radius 1 is 0.875 bits per heavy atom. The summed E-state index contributed by atoms with van der Waals surface area (Å²) in [5, 5.41) is 3.17. The lowest BCUT2D eigenvalue weighted by Gasteiger charge is -2.10. The van der Waals surface area contributed by atoms with Crippen molar-refractivity contribution < 1.29 is 0 Å². The Kier molecular flexibility index (Phi) is 3.57. The Bertz CT molecular complexity index is 437. The van der Waals surface area contributed by atoms with Gasteiger partial charge in [0.1, 0.15) is 0 Å². The molecule has 0 heterocycles. The van der Waals surface area contributed by atoms with Gasteiger partial charge in [-0.05, 0) is 23.6 Å². The van der Waals surface area contributed by atoms with Crippen LogP contribution in [0.15, 0.2) is 54.6 Å². The Labute approximate surface area is 96.1 Å². The van der Waals surface area contributed by atoms with Crippen LogP contribution in [0.4, 0.5) is 5.69 Å². The molecule has 2 heteroatoms. The molecule has 0 saturated carbocycles. The molecule has 3 N–H and O–H groups in total. The predicted molar refractivity (Wildman–Crippen MR) is 68.4 cm³/mol. The standard InChI is InChI=1S/C14H16N2/c15-11-16-14-9-5-4-8-13(14)10-12-6-2-1-3-7-12/h1-9,16H,10-11,15H2. The van der Waals surface area contributed by atoms with Gasteiger partial charge in [-0.3, -0.25) is 0 Å². The second kappa shape index (κ2) is 5.33. The molecule has 82 valence electrons. The summed E-state index contributed by atoms with van der Waals surface area (Å²) in [5.41, 5.74) is 9.22. The number of rotatable bonds is 4. The normalized spacial score (nSPS) is 10.1. The zero-order chi connectivity index (χ0) is 11.2. The topological polar surface area (TPSA) is 38.0 Å². The molecule has 2 rings (SSSR count). The zero-order valence-electron chi connectivity index (χ0n) is 9.19. The molecule has 2 aromatic carbocycles. The number of anilines is 1. The van der Waals surface area contributed by atoms with Crippen molar-refractivity contribution in [2.24, 2.45) is 5.73 Å². The minimum atomic E-state index is 0.464. The van der Waals surface area contributed by atoms with Crippen LogP contribution in [0.1, 0.15) is 11.1 Å². The summed E-state index contributed by atoms with van der Waals surface area (Å²) < 4.78 is 0. The van der Waals surface area contributed by atoms with Crippen LogP contribution >= 0.6 is 0 Å². The Morgan fingerprint density at radius 2 is 1.56 bits per heavy atom. The van der Waals surface area contributed by atoms with Crippen LogP contribution in [0.5, 0.6) is 0 Å². The molecule has 2 aromatic rings. The first-order chi connectivity index (χ1) is 7.90. The molecule has 0 aliphatic heterocycles. The van der Waals surface area contributed by atoms with E-state index in [0.717, 1.165) is 12.1 Å². The van der Waals surface area contributed by atoms with E-state index in [9.17, 15) is 0 Å². The first kappa shape index (κ1) is 10.7. The summed E-state index contributed by atoms with van der Waals surface area (Å²) in [6.07, 6.45) is 0.935. The van der Waals surface area contributed by atoms with Crippen molar-refractivity contribution in [2.45, 2.75) is 6.42 Å².